The normalized spacial score (nSPS) is 14.7. The van der Waals surface area contributed by atoms with E-state index in [0.29, 0.717) is 25.3 Å². The molecule has 1 aliphatic rings. The van der Waals surface area contributed by atoms with E-state index in [1.807, 2.05) is 46.1 Å². The minimum Gasteiger partial charge on any atom is -0.370 e. The first-order valence-electron chi connectivity index (χ1n) is 9.64. The summed E-state index contributed by atoms with van der Waals surface area (Å²) >= 11 is 1.52. The third-order valence-corrected chi connectivity index (χ3v) is 5.77. The van der Waals surface area contributed by atoms with Gasteiger partial charge < -0.3 is 9.80 Å². The van der Waals surface area contributed by atoms with Gasteiger partial charge in [0.25, 0.3) is 5.91 Å². The van der Waals surface area contributed by atoms with Crippen molar-refractivity contribution in [2.45, 2.75) is 11.6 Å². The summed E-state index contributed by atoms with van der Waals surface area (Å²) in [6, 6.07) is 16.4. The van der Waals surface area contributed by atoms with Crippen LogP contribution in [0, 0.1) is 5.82 Å². The highest BCUT2D eigenvalue weighted by molar-refractivity contribution is 7.98. The molecule has 0 saturated carbocycles. The van der Waals surface area contributed by atoms with E-state index in [-0.39, 0.29) is 11.7 Å². The highest BCUT2D eigenvalue weighted by atomic mass is 32.2. The Morgan fingerprint density at radius 3 is 2.45 bits per heavy atom. The zero-order chi connectivity index (χ0) is 20.2. The van der Waals surface area contributed by atoms with Crippen molar-refractivity contribution in [3.63, 3.8) is 0 Å². The molecule has 4 rings (SSSR count). The van der Waals surface area contributed by atoms with E-state index in [0.717, 1.165) is 29.5 Å². The number of rotatable bonds is 4. The fourth-order valence-electron chi connectivity index (χ4n) is 3.65. The molecule has 1 aromatic heterocycles. The molecule has 0 unspecified atom stereocenters. The molecule has 0 bridgehead atoms. The van der Waals surface area contributed by atoms with Gasteiger partial charge in [-0.25, -0.2) is 9.37 Å². The lowest BCUT2D eigenvalue weighted by Gasteiger charge is -2.24. The summed E-state index contributed by atoms with van der Waals surface area (Å²) in [5.74, 6) is -0.248. The second-order valence-corrected chi connectivity index (χ2v) is 7.68. The molecule has 1 fully saturated rings. The molecule has 3 aromatic rings. The average Bonchev–Trinajstić information content (AvgIpc) is 3.04. The van der Waals surface area contributed by atoms with Crippen LogP contribution in [0.5, 0.6) is 0 Å². The van der Waals surface area contributed by atoms with E-state index >= 15 is 0 Å². The maximum atomic E-state index is 13.4. The Kier molecular flexibility index (Phi) is 5.85. The number of halogens is 1. The lowest BCUT2D eigenvalue weighted by molar-refractivity contribution is 0.0758. The summed E-state index contributed by atoms with van der Waals surface area (Å²) in [5.41, 5.74) is 2.50. The van der Waals surface area contributed by atoms with Gasteiger partial charge in [0.1, 0.15) is 11.5 Å². The summed E-state index contributed by atoms with van der Waals surface area (Å²) in [6.45, 7) is 2.85. The number of hydrogen-bond donors (Lipinski definition) is 0. The zero-order valence-corrected chi connectivity index (χ0v) is 17.1. The number of nitrogens with zero attached hydrogens (tertiary/aromatic N) is 4. The van der Waals surface area contributed by atoms with Crippen molar-refractivity contribution in [3.05, 3.63) is 72.3 Å². The summed E-state index contributed by atoms with van der Waals surface area (Å²) in [5, 5.41) is 0.794. The third-order valence-electron chi connectivity index (χ3n) is 5.12. The molecule has 29 heavy (non-hydrogen) atoms. The van der Waals surface area contributed by atoms with E-state index < -0.39 is 0 Å². The second kappa shape index (κ2) is 8.69. The first-order valence-corrected chi connectivity index (χ1v) is 10.9. The quantitative estimate of drug-likeness (QED) is 0.608. The van der Waals surface area contributed by atoms with Gasteiger partial charge in [-0.3, -0.25) is 9.36 Å². The van der Waals surface area contributed by atoms with E-state index in [4.69, 9.17) is 0 Å². The standard InChI is InChI=1S/C22H23FN4OS/c1-29-22-24-16-20(27(22)19-6-3-2-4-7-19)21(28)26-13-5-12-25(14-15-26)18-10-8-17(23)9-11-18/h2-4,6-11,16H,5,12-15H2,1H3. The van der Waals surface area contributed by atoms with Gasteiger partial charge in [-0.2, -0.15) is 0 Å². The Labute approximate surface area is 174 Å². The summed E-state index contributed by atoms with van der Waals surface area (Å²) in [4.78, 5) is 21.9. The Morgan fingerprint density at radius 2 is 1.72 bits per heavy atom. The monoisotopic (exact) mass is 410 g/mol. The Morgan fingerprint density at radius 1 is 0.966 bits per heavy atom. The van der Waals surface area contributed by atoms with Gasteiger partial charge in [0.05, 0.1) is 6.20 Å². The minimum absolute atomic E-state index is 0.0115. The van der Waals surface area contributed by atoms with E-state index in [9.17, 15) is 9.18 Å². The number of hydrogen-bond acceptors (Lipinski definition) is 4. The zero-order valence-electron chi connectivity index (χ0n) is 16.3. The molecule has 1 saturated heterocycles. The highest BCUT2D eigenvalue weighted by Crippen LogP contribution is 2.23. The van der Waals surface area contributed by atoms with Gasteiger partial charge in [-0.05, 0) is 49.1 Å². The predicted octanol–water partition coefficient (Wildman–Crippen LogP) is 4.09. The van der Waals surface area contributed by atoms with Crippen LogP contribution in [0.1, 0.15) is 16.9 Å². The van der Waals surface area contributed by atoms with Crippen molar-refractivity contribution in [2.75, 3.05) is 37.3 Å². The smallest absolute Gasteiger partial charge is 0.272 e. The number of anilines is 1. The molecule has 0 N–H and O–H groups in total. The number of amides is 1. The molecule has 0 aliphatic carbocycles. The Hall–Kier alpha value is -2.80. The number of carbonyl (C=O) groups excluding carboxylic acids is 1. The van der Waals surface area contributed by atoms with Gasteiger partial charge in [-0.1, -0.05) is 30.0 Å². The second-order valence-electron chi connectivity index (χ2n) is 6.91. The number of para-hydroxylation sites is 1. The predicted molar refractivity (Wildman–Crippen MR) is 114 cm³/mol. The van der Waals surface area contributed by atoms with E-state index in [1.54, 1.807) is 18.3 Å². The van der Waals surface area contributed by atoms with Crippen molar-refractivity contribution in [1.29, 1.82) is 0 Å². The molecular formula is C22H23FN4OS. The van der Waals surface area contributed by atoms with Gasteiger partial charge >= 0.3 is 0 Å². The van der Waals surface area contributed by atoms with Crippen LogP contribution in [0.4, 0.5) is 10.1 Å². The molecule has 2 heterocycles. The maximum Gasteiger partial charge on any atom is 0.272 e. The topological polar surface area (TPSA) is 41.4 Å². The largest absolute Gasteiger partial charge is 0.370 e. The number of imidazole rings is 1. The van der Waals surface area contributed by atoms with Crippen molar-refractivity contribution >= 4 is 23.4 Å². The third kappa shape index (κ3) is 4.15. The van der Waals surface area contributed by atoms with Gasteiger partial charge in [0.15, 0.2) is 5.16 Å². The first-order chi connectivity index (χ1) is 14.2. The molecule has 1 aliphatic heterocycles. The Bertz CT molecular complexity index is 974. The Balaban J connectivity index is 1.55. The molecule has 5 nitrogen and oxygen atoms in total. The van der Waals surface area contributed by atoms with Crippen LogP contribution < -0.4 is 4.90 Å². The van der Waals surface area contributed by atoms with E-state index in [1.165, 1.54) is 23.9 Å². The lowest BCUT2D eigenvalue weighted by atomic mass is 10.2. The summed E-state index contributed by atoms with van der Waals surface area (Å²) in [6.07, 6.45) is 4.49. The lowest BCUT2D eigenvalue weighted by Crippen LogP contribution is -2.36. The number of carbonyl (C=O) groups is 1. The van der Waals surface area contributed by atoms with Crippen LogP contribution in [-0.4, -0.2) is 52.8 Å². The SMILES string of the molecule is CSc1ncc(C(=O)N2CCCN(c3ccc(F)cc3)CC2)n1-c1ccccc1. The van der Waals surface area contributed by atoms with Gasteiger partial charge in [0.2, 0.25) is 0 Å². The van der Waals surface area contributed by atoms with Crippen LogP contribution in [-0.2, 0) is 0 Å². The summed E-state index contributed by atoms with van der Waals surface area (Å²) in [7, 11) is 0. The van der Waals surface area contributed by atoms with E-state index in [2.05, 4.69) is 9.88 Å². The molecule has 2 aromatic carbocycles. The van der Waals surface area contributed by atoms with Gasteiger partial charge in [-0.15, -0.1) is 0 Å². The number of benzene rings is 2. The molecule has 150 valence electrons. The van der Waals surface area contributed by atoms with Crippen LogP contribution in [0.15, 0.2) is 66.0 Å². The van der Waals surface area contributed by atoms with Crippen LogP contribution in [0.2, 0.25) is 0 Å². The molecule has 7 heteroatoms. The minimum atomic E-state index is -0.237. The molecular weight excluding hydrogens is 387 g/mol. The molecule has 0 spiro atoms. The molecule has 1 amide bonds. The fourth-order valence-corrected chi connectivity index (χ4v) is 4.19. The van der Waals surface area contributed by atoms with Crippen LogP contribution in [0.25, 0.3) is 5.69 Å². The highest BCUT2D eigenvalue weighted by Gasteiger charge is 2.25. The van der Waals surface area contributed by atoms with Crippen LogP contribution >= 0.6 is 11.8 Å². The fraction of sp³-hybridized carbons (Fsp3) is 0.273. The van der Waals surface area contributed by atoms with Crippen molar-refractivity contribution in [1.82, 2.24) is 14.5 Å². The molecule has 0 atom stereocenters. The molecule has 0 radical (unpaired) electrons. The average molecular weight is 411 g/mol. The van der Waals surface area contributed by atoms with Crippen LogP contribution in [0.3, 0.4) is 0 Å². The summed E-state index contributed by atoms with van der Waals surface area (Å²) < 4.78 is 15.1. The first kappa shape index (κ1) is 19.5. The van der Waals surface area contributed by atoms with Crippen molar-refractivity contribution in [3.8, 4) is 5.69 Å². The number of thioether (sulfide) groups is 1. The van der Waals surface area contributed by atoms with Gasteiger partial charge in [0, 0.05) is 37.6 Å². The van der Waals surface area contributed by atoms with Crippen molar-refractivity contribution in [2.24, 2.45) is 0 Å². The number of aromatic nitrogens is 2. The maximum absolute atomic E-state index is 13.4. The van der Waals surface area contributed by atoms with Crippen molar-refractivity contribution < 1.29 is 9.18 Å².